The Morgan fingerprint density at radius 2 is 2.11 bits per heavy atom. The standard InChI is InChI=1S/C13H14F2N2O/c1-9(2)17-7-12(6-16-17)18-8-10-5-11(14)3-4-13(10)15/h3-7,9H,8H2,1-2H3. The minimum absolute atomic E-state index is 0.0205. The Morgan fingerprint density at radius 3 is 2.78 bits per heavy atom. The Labute approximate surface area is 104 Å². The van der Waals surface area contributed by atoms with Crippen LogP contribution in [0.25, 0.3) is 0 Å². The van der Waals surface area contributed by atoms with Crippen molar-refractivity contribution in [1.29, 1.82) is 0 Å². The lowest BCUT2D eigenvalue weighted by Gasteiger charge is -2.05. The smallest absolute Gasteiger partial charge is 0.157 e. The molecule has 1 heterocycles. The molecular weight excluding hydrogens is 238 g/mol. The van der Waals surface area contributed by atoms with E-state index in [-0.39, 0.29) is 18.2 Å². The quantitative estimate of drug-likeness (QED) is 0.834. The predicted octanol–water partition coefficient (Wildman–Crippen LogP) is 3.32. The summed E-state index contributed by atoms with van der Waals surface area (Å²) in [7, 11) is 0. The predicted molar refractivity (Wildman–Crippen MR) is 63.3 cm³/mol. The number of rotatable bonds is 4. The van der Waals surface area contributed by atoms with E-state index >= 15 is 0 Å². The Kier molecular flexibility index (Phi) is 3.60. The molecule has 0 saturated carbocycles. The third kappa shape index (κ3) is 2.85. The average molecular weight is 252 g/mol. The van der Waals surface area contributed by atoms with Crippen molar-refractivity contribution < 1.29 is 13.5 Å². The first kappa shape index (κ1) is 12.5. The summed E-state index contributed by atoms with van der Waals surface area (Å²) in [5.41, 5.74) is 0.187. The molecule has 0 bridgehead atoms. The van der Waals surface area contributed by atoms with Gasteiger partial charge in [-0.2, -0.15) is 5.10 Å². The third-order valence-electron chi connectivity index (χ3n) is 2.51. The first-order chi connectivity index (χ1) is 8.56. The van der Waals surface area contributed by atoms with Crippen LogP contribution in [0.1, 0.15) is 25.5 Å². The SMILES string of the molecule is CC(C)n1cc(OCc2cc(F)ccc2F)cn1. The van der Waals surface area contributed by atoms with Crippen LogP contribution in [-0.4, -0.2) is 9.78 Å². The number of hydrogen-bond donors (Lipinski definition) is 0. The molecule has 0 N–H and O–H groups in total. The number of nitrogens with zero attached hydrogens (tertiary/aromatic N) is 2. The van der Waals surface area contributed by atoms with Crippen molar-refractivity contribution in [3.05, 3.63) is 47.8 Å². The van der Waals surface area contributed by atoms with E-state index in [1.54, 1.807) is 17.1 Å². The van der Waals surface area contributed by atoms with Gasteiger partial charge in [-0.3, -0.25) is 4.68 Å². The van der Waals surface area contributed by atoms with E-state index in [1.807, 2.05) is 13.8 Å². The first-order valence-corrected chi connectivity index (χ1v) is 5.67. The van der Waals surface area contributed by atoms with Gasteiger partial charge in [0, 0.05) is 11.6 Å². The number of halogens is 2. The molecule has 0 amide bonds. The van der Waals surface area contributed by atoms with Gasteiger partial charge in [0.15, 0.2) is 5.75 Å². The molecule has 0 saturated heterocycles. The van der Waals surface area contributed by atoms with Crippen LogP contribution in [0.2, 0.25) is 0 Å². The Balaban J connectivity index is 2.04. The van der Waals surface area contributed by atoms with E-state index in [2.05, 4.69) is 5.10 Å². The van der Waals surface area contributed by atoms with Crippen LogP contribution in [-0.2, 0) is 6.61 Å². The van der Waals surface area contributed by atoms with E-state index in [1.165, 1.54) is 0 Å². The van der Waals surface area contributed by atoms with Gasteiger partial charge in [-0.15, -0.1) is 0 Å². The maximum Gasteiger partial charge on any atom is 0.157 e. The lowest BCUT2D eigenvalue weighted by molar-refractivity contribution is 0.298. The van der Waals surface area contributed by atoms with Crippen LogP contribution in [0, 0.1) is 11.6 Å². The van der Waals surface area contributed by atoms with Gasteiger partial charge in [-0.1, -0.05) is 0 Å². The lowest BCUT2D eigenvalue weighted by atomic mass is 10.2. The molecule has 0 fully saturated rings. The van der Waals surface area contributed by atoms with Crippen molar-refractivity contribution in [2.75, 3.05) is 0 Å². The van der Waals surface area contributed by atoms with Crippen molar-refractivity contribution in [3.63, 3.8) is 0 Å². The lowest BCUT2D eigenvalue weighted by Crippen LogP contribution is -2.00. The summed E-state index contributed by atoms with van der Waals surface area (Å²) >= 11 is 0. The van der Waals surface area contributed by atoms with Gasteiger partial charge < -0.3 is 4.74 Å². The topological polar surface area (TPSA) is 27.1 Å². The molecule has 0 unspecified atom stereocenters. The van der Waals surface area contributed by atoms with E-state index in [4.69, 9.17) is 4.74 Å². The van der Waals surface area contributed by atoms with Gasteiger partial charge in [-0.05, 0) is 32.0 Å². The zero-order valence-electron chi connectivity index (χ0n) is 10.2. The van der Waals surface area contributed by atoms with Gasteiger partial charge in [0.1, 0.15) is 18.2 Å². The van der Waals surface area contributed by atoms with Crippen LogP contribution in [0.4, 0.5) is 8.78 Å². The monoisotopic (exact) mass is 252 g/mol. The molecule has 0 aliphatic carbocycles. The van der Waals surface area contributed by atoms with E-state index < -0.39 is 11.6 Å². The van der Waals surface area contributed by atoms with E-state index in [9.17, 15) is 8.78 Å². The highest BCUT2D eigenvalue weighted by Gasteiger charge is 2.07. The Bertz CT molecular complexity index is 538. The summed E-state index contributed by atoms with van der Waals surface area (Å²) in [6.45, 7) is 3.96. The summed E-state index contributed by atoms with van der Waals surface area (Å²) in [6.07, 6.45) is 3.28. The molecule has 0 radical (unpaired) electrons. The average Bonchev–Trinajstić information content (AvgIpc) is 2.79. The number of ether oxygens (including phenoxy) is 1. The zero-order valence-corrected chi connectivity index (χ0v) is 10.2. The van der Waals surface area contributed by atoms with Crippen molar-refractivity contribution in [3.8, 4) is 5.75 Å². The number of hydrogen-bond acceptors (Lipinski definition) is 2. The van der Waals surface area contributed by atoms with Crippen molar-refractivity contribution in [2.45, 2.75) is 26.5 Å². The summed E-state index contributed by atoms with van der Waals surface area (Å²) in [5.74, 6) is -0.423. The van der Waals surface area contributed by atoms with Crippen LogP contribution in [0.5, 0.6) is 5.75 Å². The highest BCUT2D eigenvalue weighted by Crippen LogP contribution is 2.16. The number of benzene rings is 1. The molecule has 0 aliphatic heterocycles. The maximum atomic E-state index is 13.3. The molecule has 2 aromatic rings. The highest BCUT2D eigenvalue weighted by atomic mass is 19.1. The fourth-order valence-electron chi connectivity index (χ4n) is 1.49. The molecule has 3 nitrogen and oxygen atoms in total. The molecule has 5 heteroatoms. The van der Waals surface area contributed by atoms with Crippen LogP contribution in [0.3, 0.4) is 0 Å². The second kappa shape index (κ2) is 5.16. The molecule has 1 aromatic carbocycles. The fraction of sp³-hybridized carbons (Fsp3) is 0.308. The molecule has 96 valence electrons. The van der Waals surface area contributed by atoms with Gasteiger partial charge in [0.05, 0.1) is 12.4 Å². The molecule has 0 aliphatic rings. The second-order valence-electron chi connectivity index (χ2n) is 4.27. The molecule has 2 rings (SSSR count). The van der Waals surface area contributed by atoms with Crippen molar-refractivity contribution >= 4 is 0 Å². The third-order valence-corrected chi connectivity index (χ3v) is 2.51. The van der Waals surface area contributed by atoms with Crippen LogP contribution in [0.15, 0.2) is 30.6 Å². The van der Waals surface area contributed by atoms with Gasteiger partial charge in [0.25, 0.3) is 0 Å². The first-order valence-electron chi connectivity index (χ1n) is 5.67. The van der Waals surface area contributed by atoms with Gasteiger partial charge >= 0.3 is 0 Å². The summed E-state index contributed by atoms with van der Waals surface area (Å²) < 4.78 is 33.4. The Hall–Kier alpha value is -1.91. The second-order valence-corrected chi connectivity index (χ2v) is 4.27. The molecule has 0 spiro atoms. The summed E-state index contributed by atoms with van der Waals surface area (Å²) in [4.78, 5) is 0. The number of aromatic nitrogens is 2. The van der Waals surface area contributed by atoms with Crippen LogP contribution >= 0.6 is 0 Å². The largest absolute Gasteiger partial charge is 0.486 e. The molecule has 1 aromatic heterocycles. The van der Waals surface area contributed by atoms with Crippen molar-refractivity contribution in [2.24, 2.45) is 0 Å². The maximum absolute atomic E-state index is 13.3. The summed E-state index contributed by atoms with van der Waals surface area (Å²) in [5, 5.41) is 4.09. The minimum Gasteiger partial charge on any atom is -0.486 e. The van der Waals surface area contributed by atoms with Gasteiger partial charge in [-0.25, -0.2) is 8.78 Å². The Morgan fingerprint density at radius 1 is 1.33 bits per heavy atom. The van der Waals surface area contributed by atoms with E-state index in [0.29, 0.717) is 5.75 Å². The zero-order chi connectivity index (χ0) is 13.1. The van der Waals surface area contributed by atoms with E-state index in [0.717, 1.165) is 18.2 Å². The fourth-order valence-corrected chi connectivity index (χ4v) is 1.49. The van der Waals surface area contributed by atoms with Crippen molar-refractivity contribution in [1.82, 2.24) is 9.78 Å². The summed E-state index contributed by atoms with van der Waals surface area (Å²) in [6, 6.07) is 3.52. The normalized spacial score (nSPS) is 10.9. The van der Waals surface area contributed by atoms with Gasteiger partial charge in [0.2, 0.25) is 0 Å². The minimum atomic E-state index is -0.479. The molecule has 0 atom stereocenters. The highest BCUT2D eigenvalue weighted by molar-refractivity contribution is 5.19. The van der Waals surface area contributed by atoms with Crippen LogP contribution < -0.4 is 4.74 Å². The molecule has 18 heavy (non-hydrogen) atoms. The molecular formula is C13H14F2N2O.